The fraction of sp³-hybridized carbons (Fsp3) is 0.300. The summed E-state index contributed by atoms with van der Waals surface area (Å²) >= 11 is 5.57. The first-order chi connectivity index (χ1) is 6.72. The molecule has 0 unspecified atom stereocenters. The molecule has 3 nitrogen and oxygen atoms in total. The van der Waals surface area contributed by atoms with E-state index in [9.17, 15) is 4.79 Å². The highest BCUT2D eigenvalue weighted by Gasteiger charge is 2.22. The summed E-state index contributed by atoms with van der Waals surface area (Å²) in [5, 5.41) is 8.80. The molecule has 0 spiro atoms. The Morgan fingerprint density at radius 1 is 1.57 bits per heavy atom. The lowest BCUT2D eigenvalue weighted by molar-refractivity contribution is 0.0697. The predicted octanol–water partition coefficient (Wildman–Crippen LogP) is 2.12. The molecule has 1 aliphatic carbocycles. The van der Waals surface area contributed by atoms with Crippen LogP contribution in [0.1, 0.15) is 33.9 Å². The minimum absolute atomic E-state index is 0.162. The summed E-state index contributed by atoms with van der Waals surface area (Å²) in [6, 6.07) is 5.35. The summed E-state index contributed by atoms with van der Waals surface area (Å²) in [6.07, 6.45) is 1.82. The second-order valence-electron chi connectivity index (χ2n) is 3.42. The molecule has 0 bridgehead atoms. The zero-order chi connectivity index (χ0) is 10.1. The van der Waals surface area contributed by atoms with Gasteiger partial charge in [-0.2, -0.15) is 0 Å². The van der Waals surface area contributed by atoms with Gasteiger partial charge in [0.1, 0.15) is 0 Å². The van der Waals surface area contributed by atoms with Crippen LogP contribution < -0.4 is 4.84 Å². The Labute approximate surface area is 86.8 Å². The molecule has 0 aromatic heterocycles. The summed E-state index contributed by atoms with van der Waals surface area (Å²) in [5.74, 6) is -0.880. The highest BCUT2D eigenvalue weighted by Crippen LogP contribution is 2.31. The van der Waals surface area contributed by atoms with Crippen molar-refractivity contribution in [2.24, 2.45) is 0 Å². The number of carbonyl (C=O) groups is 1. The van der Waals surface area contributed by atoms with Crippen LogP contribution in [0.4, 0.5) is 0 Å². The lowest BCUT2D eigenvalue weighted by Gasteiger charge is -2.07. The van der Waals surface area contributed by atoms with E-state index >= 15 is 0 Å². The number of carboxylic acid groups (broad SMARTS) is 1. The summed E-state index contributed by atoms with van der Waals surface area (Å²) < 4.78 is 0. The molecule has 0 radical (unpaired) electrons. The smallest absolute Gasteiger partial charge is 0.335 e. The Kier molecular flexibility index (Phi) is 2.44. The maximum absolute atomic E-state index is 10.7. The normalized spacial score (nSPS) is 19.4. The fourth-order valence-electron chi connectivity index (χ4n) is 1.86. The number of aryl methyl sites for hydroxylation is 1. The summed E-state index contributed by atoms with van der Waals surface area (Å²) in [7, 11) is 0. The van der Waals surface area contributed by atoms with Gasteiger partial charge in [0, 0.05) is 6.04 Å². The maximum Gasteiger partial charge on any atom is 0.335 e. The van der Waals surface area contributed by atoms with Crippen molar-refractivity contribution < 1.29 is 9.90 Å². The highest BCUT2D eigenvalue weighted by molar-refractivity contribution is 6.13. The van der Waals surface area contributed by atoms with Gasteiger partial charge in [0.2, 0.25) is 0 Å². The predicted molar refractivity (Wildman–Crippen MR) is 53.5 cm³/mol. The van der Waals surface area contributed by atoms with Crippen molar-refractivity contribution in [2.75, 3.05) is 0 Å². The number of halogens is 1. The lowest BCUT2D eigenvalue weighted by atomic mass is 10.1. The van der Waals surface area contributed by atoms with Gasteiger partial charge in [0.15, 0.2) is 0 Å². The summed E-state index contributed by atoms with van der Waals surface area (Å²) in [5.41, 5.74) is 2.55. The van der Waals surface area contributed by atoms with Crippen LogP contribution in [-0.4, -0.2) is 11.1 Å². The van der Waals surface area contributed by atoms with Crippen LogP contribution in [0.5, 0.6) is 0 Å². The molecule has 0 saturated heterocycles. The number of hydrogen-bond donors (Lipinski definition) is 2. The van der Waals surface area contributed by atoms with Gasteiger partial charge in [-0.1, -0.05) is 6.07 Å². The average molecular weight is 212 g/mol. The fourth-order valence-corrected chi connectivity index (χ4v) is 2.09. The van der Waals surface area contributed by atoms with Crippen molar-refractivity contribution in [1.29, 1.82) is 0 Å². The van der Waals surface area contributed by atoms with E-state index in [0.29, 0.717) is 5.56 Å². The van der Waals surface area contributed by atoms with E-state index in [4.69, 9.17) is 16.9 Å². The molecule has 1 aromatic rings. The van der Waals surface area contributed by atoms with E-state index in [0.717, 1.165) is 24.0 Å². The Hall–Kier alpha value is -1.06. The Balaban J connectivity index is 2.39. The van der Waals surface area contributed by atoms with Crippen molar-refractivity contribution in [3.05, 3.63) is 34.9 Å². The Bertz CT molecular complexity index is 378. The van der Waals surface area contributed by atoms with Gasteiger partial charge in [-0.3, -0.25) is 0 Å². The van der Waals surface area contributed by atoms with Crippen LogP contribution >= 0.6 is 11.8 Å². The Morgan fingerprint density at radius 2 is 2.36 bits per heavy atom. The minimum atomic E-state index is -0.880. The molecule has 0 fully saturated rings. The van der Waals surface area contributed by atoms with Crippen LogP contribution in [0, 0.1) is 0 Å². The molecule has 0 saturated carbocycles. The number of carboxylic acids is 1. The number of nitrogens with one attached hydrogen (secondary N) is 1. The minimum Gasteiger partial charge on any atom is -0.478 e. The number of benzene rings is 1. The standard InChI is InChI=1S/C10H10ClNO2/c11-12-9-4-2-6-5-7(10(13)14)1-3-8(6)9/h1,3,5,9,12H,2,4H2,(H,13,14)/t9-/m0/s1. The average Bonchev–Trinajstić information content (AvgIpc) is 2.59. The van der Waals surface area contributed by atoms with Crippen molar-refractivity contribution in [1.82, 2.24) is 4.84 Å². The van der Waals surface area contributed by atoms with Crippen molar-refractivity contribution in [3.8, 4) is 0 Å². The number of rotatable bonds is 2. The van der Waals surface area contributed by atoms with Gasteiger partial charge < -0.3 is 5.11 Å². The molecule has 1 aliphatic rings. The third-order valence-electron chi connectivity index (χ3n) is 2.60. The lowest BCUT2D eigenvalue weighted by Crippen LogP contribution is -2.07. The van der Waals surface area contributed by atoms with Gasteiger partial charge in [-0.05, 0) is 47.9 Å². The molecule has 4 heteroatoms. The van der Waals surface area contributed by atoms with Gasteiger partial charge in [-0.15, -0.1) is 0 Å². The quantitative estimate of drug-likeness (QED) is 0.737. The number of hydrogen-bond acceptors (Lipinski definition) is 2. The van der Waals surface area contributed by atoms with Gasteiger partial charge in [0.25, 0.3) is 0 Å². The number of fused-ring (bicyclic) bond motifs is 1. The zero-order valence-corrected chi connectivity index (χ0v) is 8.21. The molecule has 14 heavy (non-hydrogen) atoms. The van der Waals surface area contributed by atoms with E-state index in [1.807, 2.05) is 6.07 Å². The molecular formula is C10H10ClNO2. The first kappa shape index (κ1) is 9.49. The second-order valence-corrected chi connectivity index (χ2v) is 3.64. The first-order valence-electron chi connectivity index (χ1n) is 4.44. The summed E-state index contributed by atoms with van der Waals surface area (Å²) in [4.78, 5) is 13.4. The molecule has 1 aromatic carbocycles. The van der Waals surface area contributed by atoms with Crippen LogP contribution in [0.15, 0.2) is 18.2 Å². The van der Waals surface area contributed by atoms with Crippen molar-refractivity contribution in [2.45, 2.75) is 18.9 Å². The molecule has 1 atom stereocenters. The number of aromatic carboxylic acids is 1. The summed E-state index contributed by atoms with van der Waals surface area (Å²) in [6.45, 7) is 0. The van der Waals surface area contributed by atoms with Crippen LogP contribution in [0.25, 0.3) is 0 Å². The third kappa shape index (κ3) is 1.49. The molecule has 2 N–H and O–H groups in total. The first-order valence-corrected chi connectivity index (χ1v) is 4.82. The van der Waals surface area contributed by atoms with Gasteiger partial charge in [-0.25, -0.2) is 9.63 Å². The zero-order valence-electron chi connectivity index (χ0n) is 7.46. The molecule has 74 valence electrons. The van der Waals surface area contributed by atoms with E-state index in [1.165, 1.54) is 0 Å². The highest BCUT2D eigenvalue weighted by atomic mass is 35.5. The van der Waals surface area contributed by atoms with Crippen LogP contribution in [0.2, 0.25) is 0 Å². The van der Waals surface area contributed by atoms with E-state index in [1.54, 1.807) is 12.1 Å². The van der Waals surface area contributed by atoms with Crippen LogP contribution in [-0.2, 0) is 6.42 Å². The third-order valence-corrected chi connectivity index (χ3v) is 2.86. The maximum atomic E-state index is 10.7. The van der Waals surface area contributed by atoms with Gasteiger partial charge in [0.05, 0.1) is 5.56 Å². The topological polar surface area (TPSA) is 49.3 Å². The molecule has 2 rings (SSSR count). The molecule has 0 aliphatic heterocycles. The van der Waals surface area contributed by atoms with E-state index in [2.05, 4.69) is 4.84 Å². The van der Waals surface area contributed by atoms with Crippen LogP contribution in [0.3, 0.4) is 0 Å². The van der Waals surface area contributed by atoms with Crippen molar-refractivity contribution in [3.63, 3.8) is 0 Å². The van der Waals surface area contributed by atoms with E-state index < -0.39 is 5.97 Å². The molecular weight excluding hydrogens is 202 g/mol. The second kappa shape index (κ2) is 3.59. The molecule has 0 amide bonds. The monoisotopic (exact) mass is 211 g/mol. The largest absolute Gasteiger partial charge is 0.478 e. The van der Waals surface area contributed by atoms with Crippen molar-refractivity contribution >= 4 is 17.7 Å². The van der Waals surface area contributed by atoms with Gasteiger partial charge >= 0.3 is 5.97 Å². The van der Waals surface area contributed by atoms with E-state index in [-0.39, 0.29) is 6.04 Å². The Morgan fingerprint density at radius 3 is 3.00 bits per heavy atom. The molecule has 0 heterocycles. The SMILES string of the molecule is O=C(O)c1ccc2c(c1)CC[C@@H]2NCl.